The summed E-state index contributed by atoms with van der Waals surface area (Å²) in [5.74, 6) is 0.0774. The molecule has 0 saturated heterocycles. The molecule has 2 atom stereocenters. The van der Waals surface area contributed by atoms with Gasteiger partial charge in [-0.15, -0.1) is 0 Å². The zero-order chi connectivity index (χ0) is 32.9. The third-order valence-corrected chi connectivity index (χ3v) is 9.37. The molecule has 2 N–H and O–H groups in total. The van der Waals surface area contributed by atoms with E-state index in [1.807, 2.05) is 13.0 Å². The molecule has 1 amide bonds. The minimum atomic E-state index is -0.599. The van der Waals surface area contributed by atoms with Crippen molar-refractivity contribution in [3.8, 4) is 0 Å². The fraction of sp³-hybridized carbons (Fsp3) is 0.881. The molecular weight excluding hydrogens is 550 g/mol. The molecule has 0 rings (SSSR count). The van der Waals surface area contributed by atoms with Crippen LogP contribution in [0, 0.1) is 0 Å². The second kappa shape index (κ2) is 37.4. The Bertz CT molecular complexity index is 643. The van der Waals surface area contributed by atoms with Gasteiger partial charge in [0.15, 0.2) is 0 Å². The first-order valence-electron chi connectivity index (χ1n) is 20.4. The van der Waals surface area contributed by atoms with E-state index in [-0.39, 0.29) is 11.9 Å². The summed E-state index contributed by atoms with van der Waals surface area (Å²) in [5, 5.41) is 13.4. The Morgan fingerprint density at radius 2 is 0.800 bits per heavy atom. The number of carbonyl (C=O) groups excluding carboxylic acids is 1. The average Bonchev–Trinajstić information content (AvgIpc) is 3.03. The molecule has 0 heterocycles. The van der Waals surface area contributed by atoms with E-state index in [1.165, 1.54) is 180 Å². The van der Waals surface area contributed by atoms with E-state index in [0.29, 0.717) is 6.42 Å². The van der Waals surface area contributed by atoms with Gasteiger partial charge >= 0.3 is 0 Å². The lowest BCUT2D eigenvalue weighted by atomic mass is 10.0. The van der Waals surface area contributed by atoms with Crippen LogP contribution < -0.4 is 5.32 Å². The number of amides is 1. The van der Waals surface area contributed by atoms with Gasteiger partial charge in [0.05, 0.1) is 12.1 Å². The number of aliphatic hydroxyl groups is 1. The molecule has 0 aliphatic heterocycles. The van der Waals surface area contributed by atoms with E-state index in [2.05, 4.69) is 37.4 Å². The van der Waals surface area contributed by atoms with Gasteiger partial charge < -0.3 is 10.4 Å². The van der Waals surface area contributed by atoms with Crippen LogP contribution in [0.5, 0.6) is 0 Å². The first kappa shape index (κ1) is 43.9. The fourth-order valence-corrected chi connectivity index (χ4v) is 6.16. The second-order valence-electron chi connectivity index (χ2n) is 14.1. The van der Waals surface area contributed by atoms with E-state index in [1.54, 1.807) is 0 Å². The SMILES string of the molecule is CCCCCCCCC=CCCCCCCCCCCCCCC(=O)N[C@@H](C)[C@H](O)C=CCCCCCCCCCCCCC. The van der Waals surface area contributed by atoms with Crippen LogP contribution in [0.2, 0.25) is 0 Å². The highest BCUT2D eigenvalue weighted by molar-refractivity contribution is 5.76. The Morgan fingerprint density at radius 3 is 1.18 bits per heavy atom. The lowest BCUT2D eigenvalue weighted by molar-refractivity contribution is -0.122. The van der Waals surface area contributed by atoms with E-state index < -0.39 is 6.10 Å². The number of hydrogen-bond acceptors (Lipinski definition) is 2. The predicted molar refractivity (Wildman–Crippen MR) is 201 cm³/mol. The molecule has 0 aromatic heterocycles. The van der Waals surface area contributed by atoms with Crippen LogP contribution in [0.1, 0.15) is 226 Å². The number of carbonyl (C=O) groups is 1. The Balaban J connectivity index is 3.44. The summed E-state index contributed by atoms with van der Waals surface area (Å²) in [4.78, 5) is 12.3. The van der Waals surface area contributed by atoms with Crippen LogP contribution in [0.25, 0.3) is 0 Å². The third kappa shape index (κ3) is 35.6. The van der Waals surface area contributed by atoms with Crippen molar-refractivity contribution in [2.75, 3.05) is 0 Å². The summed E-state index contributed by atoms with van der Waals surface area (Å²) in [5.41, 5.74) is 0. The molecule has 0 unspecified atom stereocenters. The molecular formula is C42H81NO2. The molecule has 0 aromatic carbocycles. The molecule has 266 valence electrons. The van der Waals surface area contributed by atoms with Crippen LogP contribution in [0.4, 0.5) is 0 Å². The second-order valence-corrected chi connectivity index (χ2v) is 14.1. The molecule has 0 fully saturated rings. The van der Waals surface area contributed by atoms with Gasteiger partial charge in [-0.2, -0.15) is 0 Å². The molecule has 0 aliphatic carbocycles. The molecule has 0 aliphatic rings. The Hall–Kier alpha value is -1.09. The highest BCUT2D eigenvalue weighted by atomic mass is 16.3. The molecule has 0 saturated carbocycles. The van der Waals surface area contributed by atoms with Gasteiger partial charge in [-0.1, -0.05) is 192 Å². The molecule has 0 spiro atoms. The summed E-state index contributed by atoms with van der Waals surface area (Å²) >= 11 is 0. The number of unbranched alkanes of at least 4 members (excludes halogenated alkanes) is 28. The van der Waals surface area contributed by atoms with Crippen molar-refractivity contribution in [3.05, 3.63) is 24.3 Å². The van der Waals surface area contributed by atoms with Gasteiger partial charge in [0.25, 0.3) is 0 Å². The predicted octanol–water partition coefficient (Wildman–Crippen LogP) is 13.5. The Morgan fingerprint density at radius 1 is 0.489 bits per heavy atom. The number of aliphatic hydroxyl groups excluding tert-OH is 1. The maximum Gasteiger partial charge on any atom is 0.220 e. The van der Waals surface area contributed by atoms with Gasteiger partial charge in [0, 0.05) is 6.42 Å². The molecule has 0 radical (unpaired) electrons. The smallest absolute Gasteiger partial charge is 0.220 e. The molecule has 3 nitrogen and oxygen atoms in total. The van der Waals surface area contributed by atoms with Crippen molar-refractivity contribution >= 4 is 5.91 Å². The monoisotopic (exact) mass is 632 g/mol. The van der Waals surface area contributed by atoms with Gasteiger partial charge in [-0.05, 0) is 51.9 Å². The van der Waals surface area contributed by atoms with E-state index in [0.717, 1.165) is 19.3 Å². The van der Waals surface area contributed by atoms with Crippen LogP contribution in [-0.4, -0.2) is 23.2 Å². The first-order chi connectivity index (χ1) is 22.1. The molecule has 0 bridgehead atoms. The highest BCUT2D eigenvalue weighted by Crippen LogP contribution is 2.14. The average molecular weight is 632 g/mol. The number of hydrogen-bond donors (Lipinski definition) is 2. The van der Waals surface area contributed by atoms with Crippen molar-refractivity contribution in [1.29, 1.82) is 0 Å². The summed E-state index contributed by atoms with van der Waals surface area (Å²) in [7, 11) is 0. The lowest BCUT2D eigenvalue weighted by Gasteiger charge is -2.17. The van der Waals surface area contributed by atoms with Crippen molar-refractivity contribution < 1.29 is 9.90 Å². The van der Waals surface area contributed by atoms with Gasteiger partial charge in [0.2, 0.25) is 5.91 Å². The maximum atomic E-state index is 12.3. The standard InChI is InChI=1S/C42H81NO2/c1-4-6-8-10-12-14-16-18-19-20-21-22-23-24-25-27-29-31-33-35-37-39-42(45)43-40(3)41(44)38-36-34-32-30-28-26-17-15-13-11-9-7-5-2/h18-19,36,38,40-41,44H,4-17,20-35,37,39H2,1-3H3,(H,43,45)/t40-,41+/m0/s1. The van der Waals surface area contributed by atoms with Crippen molar-refractivity contribution in [3.63, 3.8) is 0 Å². The normalized spacial score (nSPS) is 13.2. The highest BCUT2D eigenvalue weighted by Gasteiger charge is 2.13. The van der Waals surface area contributed by atoms with Gasteiger partial charge in [-0.25, -0.2) is 0 Å². The first-order valence-corrected chi connectivity index (χ1v) is 20.4. The minimum absolute atomic E-state index is 0.0774. The van der Waals surface area contributed by atoms with Crippen LogP contribution in [0.15, 0.2) is 24.3 Å². The fourth-order valence-electron chi connectivity index (χ4n) is 6.16. The largest absolute Gasteiger partial charge is 0.387 e. The Labute approximate surface area is 283 Å². The number of rotatable bonds is 36. The zero-order valence-electron chi connectivity index (χ0n) is 30.9. The molecule has 3 heteroatoms. The minimum Gasteiger partial charge on any atom is -0.387 e. The Kier molecular flexibility index (Phi) is 36.5. The van der Waals surface area contributed by atoms with E-state index in [9.17, 15) is 9.90 Å². The van der Waals surface area contributed by atoms with Crippen LogP contribution >= 0.6 is 0 Å². The van der Waals surface area contributed by atoms with Gasteiger partial charge in [-0.3, -0.25) is 4.79 Å². The summed E-state index contributed by atoms with van der Waals surface area (Å²) in [6.07, 6.45) is 49.8. The van der Waals surface area contributed by atoms with E-state index in [4.69, 9.17) is 0 Å². The van der Waals surface area contributed by atoms with Crippen LogP contribution in [-0.2, 0) is 4.79 Å². The summed E-state index contributed by atoms with van der Waals surface area (Å²) in [6.45, 7) is 6.47. The third-order valence-electron chi connectivity index (χ3n) is 9.37. The van der Waals surface area contributed by atoms with Crippen LogP contribution in [0.3, 0.4) is 0 Å². The summed E-state index contributed by atoms with van der Waals surface area (Å²) in [6, 6.07) is -0.225. The quantitative estimate of drug-likeness (QED) is 0.0534. The molecule has 0 aromatic rings. The van der Waals surface area contributed by atoms with Crippen molar-refractivity contribution in [2.24, 2.45) is 0 Å². The lowest BCUT2D eigenvalue weighted by Crippen LogP contribution is -2.40. The maximum absolute atomic E-state index is 12.3. The van der Waals surface area contributed by atoms with Gasteiger partial charge in [0.1, 0.15) is 0 Å². The van der Waals surface area contributed by atoms with Crippen molar-refractivity contribution in [2.45, 2.75) is 238 Å². The summed E-state index contributed by atoms with van der Waals surface area (Å²) < 4.78 is 0. The number of allylic oxidation sites excluding steroid dienone is 3. The molecule has 45 heavy (non-hydrogen) atoms. The number of nitrogens with one attached hydrogen (secondary N) is 1. The zero-order valence-corrected chi connectivity index (χ0v) is 30.9. The topological polar surface area (TPSA) is 49.3 Å². The van der Waals surface area contributed by atoms with E-state index >= 15 is 0 Å². The van der Waals surface area contributed by atoms with Crippen molar-refractivity contribution in [1.82, 2.24) is 5.32 Å².